The summed E-state index contributed by atoms with van der Waals surface area (Å²) in [7, 11) is 1.69. The van der Waals surface area contributed by atoms with E-state index in [0.29, 0.717) is 18.3 Å². The molecular formula is C16H18N4O2S. The van der Waals surface area contributed by atoms with Crippen LogP contribution in [0.15, 0.2) is 34.3 Å². The highest BCUT2D eigenvalue weighted by molar-refractivity contribution is 7.13. The first-order valence-electron chi connectivity index (χ1n) is 7.35. The van der Waals surface area contributed by atoms with Gasteiger partial charge in [-0.3, -0.25) is 0 Å². The number of methoxy groups -OCH3 is 1. The van der Waals surface area contributed by atoms with Crippen molar-refractivity contribution in [1.82, 2.24) is 15.1 Å². The summed E-state index contributed by atoms with van der Waals surface area (Å²) in [5.74, 6) is 1.28. The Morgan fingerprint density at radius 2 is 2.30 bits per heavy atom. The topological polar surface area (TPSA) is 73.1 Å². The lowest BCUT2D eigenvalue weighted by atomic mass is 10.1. The molecule has 1 N–H and O–H groups in total. The molecule has 0 spiro atoms. The van der Waals surface area contributed by atoms with Crippen LogP contribution in [0.1, 0.15) is 12.1 Å². The number of aromatic nitrogens is 3. The maximum absolute atomic E-state index is 5.38. The van der Waals surface area contributed by atoms with Gasteiger partial charge in [0.15, 0.2) is 5.76 Å². The molecule has 3 aromatic heterocycles. The van der Waals surface area contributed by atoms with E-state index in [-0.39, 0.29) is 0 Å². The van der Waals surface area contributed by atoms with Crippen molar-refractivity contribution >= 4 is 17.3 Å². The number of aryl methyl sites for hydroxylation is 1. The van der Waals surface area contributed by atoms with Gasteiger partial charge in [0.1, 0.15) is 0 Å². The number of nitrogens with one attached hydrogen (secondary N) is 1. The summed E-state index contributed by atoms with van der Waals surface area (Å²) < 4.78 is 10.4. The lowest BCUT2D eigenvalue weighted by Gasteiger charge is -2.08. The zero-order valence-corrected chi connectivity index (χ0v) is 13.9. The highest BCUT2D eigenvalue weighted by Gasteiger charge is 2.15. The van der Waals surface area contributed by atoms with Crippen molar-refractivity contribution in [3.63, 3.8) is 0 Å². The summed E-state index contributed by atoms with van der Waals surface area (Å²) >= 11 is 1.63. The minimum atomic E-state index is 0.601. The molecule has 3 heterocycles. The summed E-state index contributed by atoms with van der Waals surface area (Å²) in [6.07, 6.45) is 2.68. The number of nitrogens with zero attached hydrogens (tertiary/aromatic N) is 3. The third-order valence-electron chi connectivity index (χ3n) is 3.25. The lowest BCUT2D eigenvalue weighted by Crippen LogP contribution is -2.08. The number of anilines is 1. The Labute approximate surface area is 138 Å². The minimum Gasteiger partial charge on any atom is -0.385 e. The molecule has 0 aliphatic rings. The van der Waals surface area contributed by atoms with E-state index < -0.39 is 0 Å². The van der Waals surface area contributed by atoms with Crippen LogP contribution in [0.25, 0.3) is 21.9 Å². The fourth-order valence-electron chi connectivity index (χ4n) is 2.16. The molecule has 3 aromatic rings. The first-order valence-corrected chi connectivity index (χ1v) is 8.23. The molecule has 0 radical (unpaired) electrons. The molecule has 0 unspecified atom stereocenters. The van der Waals surface area contributed by atoms with Crippen LogP contribution in [0.4, 0.5) is 5.95 Å². The second-order valence-corrected chi connectivity index (χ2v) is 5.99. The smallest absolute Gasteiger partial charge is 0.223 e. The summed E-state index contributed by atoms with van der Waals surface area (Å²) in [6.45, 7) is 3.36. The molecule has 0 aromatic carbocycles. The summed E-state index contributed by atoms with van der Waals surface area (Å²) in [5, 5.41) is 9.20. The Hall–Kier alpha value is -2.25. The molecule has 0 aliphatic heterocycles. The van der Waals surface area contributed by atoms with Crippen LogP contribution in [0.5, 0.6) is 0 Å². The molecule has 0 bridgehead atoms. The molecule has 0 amide bonds. The molecule has 0 saturated heterocycles. The predicted octanol–water partition coefficient (Wildman–Crippen LogP) is 3.62. The van der Waals surface area contributed by atoms with Crippen LogP contribution in [-0.2, 0) is 4.74 Å². The van der Waals surface area contributed by atoms with Crippen molar-refractivity contribution in [2.45, 2.75) is 13.3 Å². The number of thiophene rings is 1. The van der Waals surface area contributed by atoms with Crippen molar-refractivity contribution < 1.29 is 9.26 Å². The first kappa shape index (κ1) is 15.6. The maximum Gasteiger partial charge on any atom is 0.223 e. The van der Waals surface area contributed by atoms with E-state index in [2.05, 4.69) is 20.4 Å². The van der Waals surface area contributed by atoms with Crippen molar-refractivity contribution in [2.75, 3.05) is 25.6 Å². The molecule has 0 aliphatic carbocycles. The molecule has 6 nitrogen and oxygen atoms in total. The van der Waals surface area contributed by atoms with E-state index in [1.165, 1.54) is 0 Å². The maximum atomic E-state index is 5.38. The minimum absolute atomic E-state index is 0.601. The van der Waals surface area contributed by atoms with Crippen LogP contribution in [0, 0.1) is 6.92 Å². The van der Waals surface area contributed by atoms with Gasteiger partial charge in [0.05, 0.1) is 21.8 Å². The quantitative estimate of drug-likeness (QED) is 0.667. The normalized spacial score (nSPS) is 10.9. The molecule has 3 rings (SSSR count). The molecule has 0 atom stereocenters. The van der Waals surface area contributed by atoms with Gasteiger partial charge in [-0.25, -0.2) is 9.97 Å². The van der Waals surface area contributed by atoms with Gasteiger partial charge in [-0.05, 0) is 24.8 Å². The molecule has 120 valence electrons. The summed E-state index contributed by atoms with van der Waals surface area (Å²) in [4.78, 5) is 10.1. The van der Waals surface area contributed by atoms with E-state index in [4.69, 9.17) is 9.26 Å². The molecule has 0 fully saturated rings. The first-order chi connectivity index (χ1) is 11.3. The Morgan fingerprint density at radius 1 is 1.39 bits per heavy atom. The van der Waals surface area contributed by atoms with Crippen LogP contribution < -0.4 is 5.32 Å². The van der Waals surface area contributed by atoms with Gasteiger partial charge in [0, 0.05) is 32.5 Å². The standard InChI is InChI=1S/C16H18N4O2S/c1-11-9-13(22-20-11)12-10-18-16(17-6-4-7-21-2)19-15(12)14-5-3-8-23-14/h3,5,8-10H,4,6-7H2,1-2H3,(H,17,18,19). The van der Waals surface area contributed by atoms with Gasteiger partial charge < -0.3 is 14.6 Å². The van der Waals surface area contributed by atoms with Gasteiger partial charge >= 0.3 is 0 Å². The summed E-state index contributed by atoms with van der Waals surface area (Å²) in [5.41, 5.74) is 2.52. The van der Waals surface area contributed by atoms with Gasteiger partial charge in [-0.15, -0.1) is 11.3 Å². The third-order valence-corrected chi connectivity index (χ3v) is 4.12. The van der Waals surface area contributed by atoms with Crippen molar-refractivity contribution in [1.29, 1.82) is 0 Å². The zero-order chi connectivity index (χ0) is 16.1. The summed E-state index contributed by atoms with van der Waals surface area (Å²) in [6, 6.07) is 5.93. The fraction of sp³-hybridized carbons (Fsp3) is 0.312. The molecular weight excluding hydrogens is 312 g/mol. The van der Waals surface area contributed by atoms with E-state index in [1.807, 2.05) is 30.5 Å². The Bertz CT molecular complexity index is 755. The van der Waals surface area contributed by atoms with Crippen molar-refractivity contribution in [3.05, 3.63) is 35.5 Å². The van der Waals surface area contributed by atoms with E-state index in [1.54, 1.807) is 24.6 Å². The fourth-order valence-corrected chi connectivity index (χ4v) is 2.88. The van der Waals surface area contributed by atoms with Gasteiger partial charge in [-0.2, -0.15) is 0 Å². The number of hydrogen-bond acceptors (Lipinski definition) is 7. The highest BCUT2D eigenvalue weighted by atomic mass is 32.1. The third kappa shape index (κ3) is 3.75. The van der Waals surface area contributed by atoms with Crippen LogP contribution >= 0.6 is 11.3 Å². The van der Waals surface area contributed by atoms with E-state index >= 15 is 0 Å². The Kier molecular flexibility index (Phi) is 4.99. The van der Waals surface area contributed by atoms with Gasteiger partial charge in [0.2, 0.25) is 5.95 Å². The van der Waals surface area contributed by atoms with Gasteiger partial charge in [0.25, 0.3) is 0 Å². The predicted molar refractivity (Wildman–Crippen MR) is 90.6 cm³/mol. The highest BCUT2D eigenvalue weighted by Crippen LogP contribution is 2.33. The average molecular weight is 330 g/mol. The molecule has 7 heteroatoms. The van der Waals surface area contributed by atoms with Crippen molar-refractivity contribution in [3.8, 4) is 21.9 Å². The van der Waals surface area contributed by atoms with Crippen LogP contribution in [-0.4, -0.2) is 35.4 Å². The number of rotatable bonds is 7. The number of hydrogen-bond donors (Lipinski definition) is 1. The SMILES string of the molecule is COCCCNc1ncc(-c2cc(C)no2)c(-c2cccs2)n1. The Morgan fingerprint density at radius 3 is 3.00 bits per heavy atom. The second kappa shape index (κ2) is 7.34. The second-order valence-electron chi connectivity index (χ2n) is 5.04. The molecule has 23 heavy (non-hydrogen) atoms. The van der Waals surface area contributed by atoms with Crippen LogP contribution in [0.3, 0.4) is 0 Å². The van der Waals surface area contributed by atoms with E-state index in [9.17, 15) is 0 Å². The molecule has 0 saturated carbocycles. The van der Waals surface area contributed by atoms with Crippen molar-refractivity contribution in [2.24, 2.45) is 0 Å². The lowest BCUT2D eigenvalue weighted by molar-refractivity contribution is 0.197. The average Bonchev–Trinajstić information content (AvgIpc) is 3.23. The zero-order valence-electron chi connectivity index (χ0n) is 13.1. The Balaban J connectivity index is 1.90. The largest absolute Gasteiger partial charge is 0.385 e. The van der Waals surface area contributed by atoms with Crippen LogP contribution in [0.2, 0.25) is 0 Å². The number of ether oxygens (including phenoxy) is 1. The van der Waals surface area contributed by atoms with E-state index in [0.717, 1.165) is 34.8 Å². The monoisotopic (exact) mass is 330 g/mol. The van der Waals surface area contributed by atoms with Gasteiger partial charge in [-0.1, -0.05) is 11.2 Å².